The Hall–Kier alpha value is -2.49. The molecular formula is C14H12F3N3O3S. The molecule has 0 bridgehead atoms. The van der Waals surface area contributed by atoms with Gasteiger partial charge in [-0.25, -0.2) is 4.98 Å². The number of nitrogens with zero attached hydrogens (tertiary/aromatic N) is 2. The van der Waals surface area contributed by atoms with E-state index in [0.717, 1.165) is 5.56 Å². The molecule has 2 aromatic heterocycles. The lowest BCUT2D eigenvalue weighted by molar-refractivity contribution is -0.150. The summed E-state index contributed by atoms with van der Waals surface area (Å²) in [4.78, 5) is 30.9. The van der Waals surface area contributed by atoms with Gasteiger partial charge in [0, 0.05) is 23.3 Å². The van der Waals surface area contributed by atoms with E-state index in [2.05, 4.69) is 14.7 Å². The molecule has 1 N–H and O–H groups in total. The van der Waals surface area contributed by atoms with E-state index < -0.39 is 31.2 Å². The summed E-state index contributed by atoms with van der Waals surface area (Å²) in [7, 11) is 0. The third-order valence-corrected chi connectivity index (χ3v) is 3.58. The van der Waals surface area contributed by atoms with Crippen molar-refractivity contribution in [1.82, 2.24) is 15.3 Å². The number of pyridine rings is 1. The first-order valence-corrected chi connectivity index (χ1v) is 7.55. The van der Waals surface area contributed by atoms with Gasteiger partial charge in [-0.3, -0.25) is 14.6 Å². The van der Waals surface area contributed by atoms with E-state index in [9.17, 15) is 22.8 Å². The highest BCUT2D eigenvalue weighted by atomic mass is 32.1. The number of carbonyl (C=O) groups is 2. The second kappa shape index (κ2) is 7.86. The maximum atomic E-state index is 11.9. The van der Waals surface area contributed by atoms with E-state index in [4.69, 9.17) is 0 Å². The number of amides is 1. The third kappa shape index (κ3) is 5.95. The van der Waals surface area contributed by atoms with Crippen LogP contribution in [0.2, 0.25) is 0 Å². The first-order valence-electron chi connectivity index (χ1n) is 6.67. The van der Waals surface area contributed by atoms with Crippen LogP contribution in [0, 0.1) is 0 Å². The topological polar surface area (TPSA) is 81.2 Å². The normalized spacial score (nSPS) is 11.1. The summed E-state index contributed by atoms with van der Waals surface area (Å²) in [5, 5.41) is 3.94. The van der Waals surface area contributed by atoms with Crippen LogP contribution in [0.3, 0.4) is 0 Å². The smallest absolute Gasteiger partial charge is 0.405 e. The monoisotopic (exact) mass is 359 g/mol. The van der Waals surface area contributed by atoms with Crippen molar-refractivity contribution < 1.29 is 27.5 Å². The Balaban J connectivity index is 1.79. The number of carbonyl (C=O) groups excluding carboxylic acids is 2. The van der Waals surface area contributed by atoms with E-state index >= 15 is 0 Å². The van der Waals surface area contributed by atoms with E-state index in [1.165, 1.54) is 11.3 Å². The molecule has 2 heterocycles. The number of alkyl halides is 3. The number of halogens is 3. The summed E-state index contributed by atoms with van der Waals surface area (Å²) in [6, 6.07) is 3.57. The van der Waals surface area contributed by atoms with E-state index in [1.54, 1.807) is 29.2 Å². The molecule has 0 radical (unpaired) electrons. The average Bonchev–Trinajstić information content (AvgIpc) is 2.99. The molecule has 1 amide bonds. The molecule has 0 spiro atoms. The van der Waals surface area contributed by atoms with Crippen molar-refractivity contribution in [3.8, 4) is 10.6 Å². The number of thiazole rings is 1. The standard InChI is InChI=1S/C14H12F3N3O3S/c15-14(16,17)8-19-11(21)6-23-12(22)4-10-7-24-13(20-10)9-2-1-3-18-5-9/h1-3,5,7H,4,6,8H2,(H,19,21). The molecule has 0 saturated heterocycles. The van der Waals surface area contributed by atoms with Crippen molar-refractivity contribution in [2.75, 3.05) is 13.2 Å². The molecule has 0 aromatic carbocycles. The molecule has 10 heteroatoms. The first kappa shape index (κ1) is 17.9. The maximum absolute atomic E-state index is 11.9. The minimum absolute atomic E-state index is 0.177. The van der Waals surface area contributed by atoms with Crippen molar-refractivity contribution in [3.05, 3.63) is 35.6 Å². The summed E-state index contributed by atoms with van der Waals surface area (Å²) >= 11 is 1.32. The number of ether oxygens (including phenoxy) is 1. The molecule has 0 aliphatic heterocycles. The molecule has 0 aliphatic carbocycles. The van der Waals surface area contributed by atoms with Crippen LogP contribution in [0.5, 0.6) is 0 Å². The van der Waals surface area contributed by atoms with Gasteiger partial charge in [-0.1, -0.05) is 0 Å². The lowest BCUT2D eigenvalue weighted by Crippen LogP contribution is -2.36. The Morgan fingerprint density at radius 3 is 2.79 bits per heavy atom. The summed E-state index contributed by atoms with van der Waals surface area (Å²) in [6.07, 6.45) is -1.43. The van der Waals surface area contributed by atoms with E-state index in [-0.39, 0.29) is 6.42 Å². The van der Waals surface area contributed by atoms with Crippen LogP contribution in [0.1, 0.15) is 5.69 Å². The van der Waals surface area contributed by atoms with Crippen LogP contribution in [-0.4, -0.2) is 41.2 Å². The van der Waals surface area contributed by atoms with Gasteiger partial charge in [0.2, 0.25) is 0 Å². The first-order chi connectivity index (χ1) is 11.3. The van der Waals surface area contributed by atoms with Crippen molar-refractivity contribution in [1.29, 1.82) is 0 Å². The highest BCUT2D eigenvalue weighted by Crippen LogP contribution is 2.22. The van der Waals surface area contributed by atoms with Gasteiger partial charge in [0.15, 0.2) is 6.61 Å². The van der Waals surface area contributed by atoms with E-state index in [0.29, 0.717) is 10.7 Å². The number of aromatic nitrogens is 2. The number of hydrogen-bond donors (Lipinski definition) is 1. The fraction of sp³-hybridized carbons (Fsp3) is 0.286. The Morgan fingerprint density at radius 2 is 2.12 bits per heavy atom. The Labute approximate surface area is 138 Å². The molecular weight excluding hydrogens is 347 g/mol. The van der Waals surface area contributed by atoms with Gasteiger partial charge in [-0.05, 0) is 12.1 Å². The quantitative estimate of drug-likeness (QED) is 0.798. The Morgan fingerprint density at radius 1 is 1.33 bits per heavy atom. The van der Waals surface area contributed by atoms with Gasteiger partial charge in [0.05, 0.1) is 12.1 Å². The minimum atomic E-state index is -4.51. The molecule has 128 valence electrons. The summed E-state index contributed by atoms with van der Waals surface area (Å²) in [5.74, 6) is -1.77. The molecule has 24 heavy (non-hydrogen) atoms. The second-order valence-electron chi connectivity index (χ2n) is 4.62. The van der Waals surface area contributed by atoms with Crippen LogP contribution in [0.15, 0.2) is 29.9 Å². The van der Waals surface area contributed by atoms with Gasteiger partial charge < -0.3 is 10.1 Å². The van der Waals surface area contributed by atoms with Gasteiger partial charge in [-0.2, -0.15) is 13.2 Å². The number of rotatable bonds is 6. The second-order valence-corrected chi connectivity index (χ2v) is 5.47. The predicted molar refractivity (Wildman–Crippen MR) is 79.1 cm³/mol. The van der Waals surface area contributed by atoms with Gasteiger partial charge in [0.25, 0.3) is 5.91 Å². The van der Waals surface area contributed by atoms with Crippen molar-refractivity contribution in [3.63, 3.8) is 0 Å². The maximum Gasteiger partial charge on any atom is 0.405 e. The zero-order chi connectivity index (χ0) is 17.6. The Kier molecular flexibility index (Phi) is 5.85. The van der Waals surface area contributed by atoms with Gasteiger partial charge >= 0.3 is 12.1 Å². The fourth-order valence-electron chi connectivity index (χ4n) is 1.60. The lowest BCUT2D eigenvalue weighted by Gasteiger charge is -2.08. The SMILES string of the molecule is O=C(COC(=O)Cc1csc(-c2cccnc2)n1)NCC(F)(F)F. The van der Waals surface area contributed by atoms with Crippen molar-refractivity contribution in [2.45, 2.75) is 12.6 Å². The zero-order valence-corrected chi connectivity index (χ0v) is 13.0. The van der Waals surface area contributed by atoms with Gasteiger partial charge in [0.1, 0.15) is 11.6 Å². The molecule has 0 atom stereocenters. The molecule has 0 unspecified atom stereocenters. The number of hydrogen-bond acceptors (Lipinski definition) is 6. The Bertz CT molecular complexity index is 704. The molecule has 2 aromatic rings. The highest BCUT2D eigenvalue weighted by Gasteiger charge is 2.27. The number of esters is 1. The predicted octanol–water partition coefficient (Wildman–Crippen LogP) is 1.97. The van der Waals surface area contributed by atoms with Crippen LogP contribution in [0.4, 0.5) is 13.2 Å². The van der Waals surface area contributed by atoms with E-state index in [1.807, 2.05) is 6.07 Å². The number of nitrogens with one attached hydrogen (secondary N) is 1. The largest absolute Gasteiger partial charge is 0.455 e. The molecule has 0 saturated carbocycles. The molecule has 0 aliphatic rings. The van der Waals surface area contributed by atoms with Crippen molar-refractivity contribution in [2.24, 2.45) is 0 Å². The average molecular weight is 359 g/mol. The highest BCUT2D eigenvalue weighted by molar-refractivity contribution is 7.13. The lowest BCUT2D eigenvalue weighted by atomic mass is 10.3. The third-order valence-electron chi connectivity index (χ3n) is 2.64. The van der Waals surface area contributed by atoms with Crippen LogP contribution < -0.4 is 5.32 Å². The summed E-state index contributed by atoms with van der Waals surface area (Å²) in [6.45, 7) is -2.24. The molecule has 6 nitrogen and oxygen atoms in total. The summed E-state index contributed by atoms with van der Waals surface area (Å²) in [5.41, 5.74) is 1.24. The minimum Gasteiger partial charge on any atom is -0.455 e. The fourth-order valence-corrected chi connectivity index (χ4v) is 2.42. The van der Waals surface area contributed by atoms with Crippen LogP contribution in [-0.2, 0) is 20.7 Å². The molecule has 2 rings (SSSR count). The van der Waals surface area contributed by atoms with Gasteiger partial charge in [-0.15, -0.1) is 11.3 Å². The van der Waals surface area contributed by atoms with Crippen LogP contribution >= 0.6 is 11.3 Å². The van der Waals surface area contributed by atoms with Crippen LogP contribution in [0.25, 0.3) is 10.6 Å². The summed E-state index contributed by atoms with van der Waals surface area (Å²) < 4.78 is 40.4. The van der Waals surface area contributed by atoms with Crippen molar-refractivity contribution >= 4 is 23.2 Å². The zero-order valence-electron chi connectivity index (χ0n) is 12.2. The molecule has 0 fully saturated rings.